The monoisotopic (exact) mass is 713 g/mol. The number of nitrogens with zero attached hydrogens (tertiary/aromatic N) is 5. The third-order valence-corrected chi connectivity index (χ3v) is 11.3. The van der Waals surface area contributed by atoms with Crippen LogP contribution in [0.2, 0.25) is 0 Å². The number of hydrogen-bond acceptors (Lipinski definition) is 3. The van der Waals surface area contributed by atoms with E-state index < -0.39 is 0 Å². The van der Waals surface area contributed by atoms with Gasteiger partial charge in [0, 0.05) is 38.4 Å². The molecule has 0 bridgehead atoms. The number of rotatable bonds is 4. The van der Waals surface area contributed by atoms with Crippen molar-refractivity contribution in [1.29, 1.82) is 0 Å². The first kappa shape index (κ1) is 30.8. The van der Waals surface area contributed by atoms with Gasteiger partial charge in [-0.1, -0.05) is 146 Å². The molecule has 5 heteroatoms. The first-order chi connectivity index (χ1) is 27.8. The van der Waals surface area contributed by atoms with Crippen molar-refractivity contribution in [3.05, 3.63) is 188 Å². The van der Waals surface area contributed by atoms with Crippen LogP contribution in [0.1, 0.15) is 0 Å². The summed E-state index contributed by atoms with van der Waals surface area (Å²) in [6.07, 6.45) is 0. The van der Waals surface area contributed by atoms with Gasteiger partial charge in [0.05, 0.1) is 33.3 Å². The van der Waals surface area contributed by atoms with Crippen LogP contribution in [0.3, 0.4) is 0 Å². The lowest BCUT2D eigenvalue weighted by Crippen LogP contribution is -2.03. The minimum absolute atomic E-state index is 0.653. The molecular formula is C51H31N5. The molecule has 12 aromatic rings. The maximum Gasteiger partial charge on any atom is 0.235 e. The minimum atomic E-state index is 0.653. The number of benzene rings is 9. The van der Waals surface area contributed by atoms with Gasteiger partial charge in [-0.05, 0) is 69.4 Å². The van der Waals surface area contributed by atoms with E-state index in [0.29, 0.717) is 5.95 Å². The fourth-order valence-corrected chi connectivity index (χ4v) is 8.85. The van der Waals surface area contributed by atoms with Crippen molar-refractivity contribution in [3.8, 4) is 34.3 Å². The van der Waals surface area contributed by atoms with Crippen LogP contribution in [-0.2, 0) is 0 Å². The van der Waals surface area contributed by atoms with Crippen LogP contribution in [0.5, 0.6) is 0 Å². The molecule has 9 aromatic carbocycles. The van der Waals surface area contributed by atoms with E-state index in [2.05, 4.69) is 185 Å². The van der Waals surface area contributed by atoms with Gasteiger partial charge in [0.25, 0.3) is 0 Å². The predicted octanol–water partition coefficient (Wildman–Crippen LogP) is 12.9. The third kappa shape index (κ3) is 4.46. The molecule has 0 aliphatic carbocycles. The molecule has 260 valence electrons. The highest BCUT2D eigenvalue weighted by atomic mass is 15.2. The van der Waals surface area contributed by atoms with E-state index in [9.17, 15) is 0 Å². The summed E-state index contributed by atoms with van der Waals surface area (Å²) in [6, 6.07) is 66.5. The zero-order valence-electron chi connectivity index (χ0n) is 30.1. The van der Waals surface area contributed by atoms with Gasteiger partial charge in [-0.15, -0.1) is 0 Å². The number of fused-ring (bicyclic) bond motifs is 12. The fourth-order valence-electron chi connectivity index (χ4n) is 8.85. The van der Waals surface area contributed by atoms with Gasteiger partial charge in [0.1, 0.15) is 5.82 Å². The van der Waals surface area contributed by atoms with Crippen LogP contribution in [-0.4, -0.2) is 24.1 Å². The fraction of sp³-hybridized carbons (Fsp3) is 0. The number of para-hydroxylation sites is 3. The molecule has 3 aromatic heterocycles. The summed E-state index contributed by atoms with van der Waals surface area (Å²) < 4.78 is 4.55. The van der Waals surface area contributed by atoms with E-state index in [0.717, 1.165) is 77.5 Å². The molecule has 0 amide bonds. The molecule has 0 saturated heterocycles. The topological polar surface area (TPSA) is 48.5 Å². The Kier molecular flexibility index (Phi) is 6.56. The molecule has 0 spiro atoms. The lowest BCUT2D eigenvalue weighted by molar-refractivity contribution is 1.01. The average molecular weight is 714 g/mol. The molecule has 0 fully saturated rings. The van der Waals surface area contributed by atoms with E-state index in [1.54, 1.807) is 0 Å². The van der Waals surface area contributed by atoms with Gasteiger partial charge >= 0.3 is 0 Å². The molecule has 0 atom stereocenters. The maximum atomic E-state index is 5.50. The molecule has 3 heterocycles. The molecule has 0 radical (unpaired) electrons. The van der Waals surface area contributed by atoms with Crippen molar-refractivity contribution in [2.45, 2.75) is 0 Å². The van der Waals surface area contributed by atoms with Crippen molar-refractivity contribution in [1.82, 2.24) is 24.1 Å². The average Bonchev–Trinajstić information content (AvgIpc) is 3.82. The molecule has 0 aliphatic rings. The van der Waals surface area contributed by atoms with Gasteiger partial charge < -0.3 is 0 Å². The zero-order valence-corrected chi connectivity index (χ0v) is 30.1. The minimum Gasteiger partial charge on any atom is -0.292 e. The summed E-state index contributed by atoms with van der Waals surface area (Å²) in [6.45, 7) is 0. The number of aromatic nitrogens is 5. The molecule has 0 N–H and O–H groups in total. The Morgan fingerprint density at radius 3 is 1.73 bits per heavy atom. The Bertz CT molecular complexity index is 3510. The Balaban J connectivity index is 1.20. The van der Waals surface area contributed by atoms with Crippen molar-refractivity contribution >= 4 is 76.1 Å². The largest absolute Gasteiger partial charge is 0.292 e. The second-order valence-corrected chi connectivity index (χ2v) is 14.4. The summed E-state index contributed by atoms with van der Waals surface area (Å²) in [4.78, 5) is 16.1. The van der Waals surface area contributed by atoms with Crippen LogP contribution in [0, 0.1) is 0 Å². The Hall–Kier alpha value is -7.63. The van der Waals surface area contributed by atoms with Gasteiger partial charge in [-0.3, -0.25) is 9.13 Å². The van der Waals surface area contributed by atoms with Crippen LogP contribution < -0.4 is 0 Å². The van der Waals surface area contributed by atoms with E-state index in [1.807, 2.05) is 12.1 Å². The van der Waals surface area contributed by atoms with Crippen LogP contribution in [0.15, 0.2) is 188 Å². The molecule has 12 rings (SSSR count). The van der Waals surface area contributed by atoms with Crippen LogP contribution >= 0.6 is 0 Å². The lowest BCUT2D eigenvalue weighted by Gasteiger charge is -2.14. The molecule has 56 heavy (non-hydrogen) atoms. The highest BCUT2D eigenvalue weighted by Crippen LogP contribution is 2.44. The molecule has 5 nitrogen and oxygen atoms in total. The summed E-state index contributed by atoms with van der Waals surface area (Å²) in [5, 5.41) is 10.4. The zero-order chi connectivity index (χ0) is 36.7. The predicted molar refractivity (Wildman–Crippen MR) is 232 cm³/mol. The highest BCUT2D eigenvalue weighted by Gasteiger charge is 2.22. The highest BCUT2D eigenvalue weighted by molar-refractivity contribution is 6.33. The summed E-state index contributed by atoms with van der Waals surface area (Å²) in [5.74, 6) is 1.58. The Morgan fingerprint density at radius 1 is 0.339 bits per heavy atom. The summed E-state index contributed by atoms with van der Waals surface area (Å²) in [7, 11) is 0. The van der Waals surface area contributed by atoms with E-state index in [-0.39, 0.29) is 0 Å². The van der Waals surface area contributed by atoms with Gasteiger partial charge in [-0.25, -0.2) is 15.0 Å². The van der Waals surface area contributed by atoms with Crippen molar-refractivity contribution in [3.63, 3.8) is 0 Å². The number of imidazole rings is 1. The third-order valence-electron chi connectivity index (χ3n) is 11.3. The lowest BCUT2D eigenvalue weighted by atomic mass is 9.92. The molecule has 0 unspecified atom stereocenters. The normalized spacial score (nSPS) is 11.9. The maximum absolute atomic E-state index is 5.50. The first-order valence-corrected chi connectivity index (χ1v) is 19.0. The number of hydrogen-bond donors (Lipinski definition) is 0. The van der Waals surface area contributed by atoms with Crippen LogP contribution in [0.4, 0.5) is 0 Å². The van der Waals surface area contributed by atoms with E-state index >= 15 is 0 Å². The molecule has 0 aliphatic heterocycles. The first-order valence-electron chi connectivity index (χ1n) is 19.0. The quantitative estimate of drug-likeness (QED) is 0.171. The second kappa shape index (κ2) is 11.9. The molecule has 0 saturated carbocycles. The van der Waals surface area contributed by atoms with Gasteiger partial charge in [0.2, 0.25) is 5.95 Å². The summed E-state index contributed by atoms with van der Waals surface area (Å²) >= 11 is 0. The van der Waals surface area contributed by atoms with Crippen molar-refractivity contribution in [2.24, 2.45) is 0 Å². The standard InChI is InChI=1S/C51H31N5/c1-4-16-32(17-5-1)48-39-25-12-14-26-43(39)52-51(54-48)56-44-27-15-13-23-36(44)42-30-40-38-28-29-45-49(47(38)37-24-11-10-22-35(37)41(40)31-46(42)56)53-50(33-18-6-2-7-19-33)55(45)34-20-8-3-9-21-34/h1-31H. The second-order valence-electron chi connectivity index (χ2n) is 14.4. The Labute approximate surface area is 321 Å². The summed E-state index contributed by atoms with van der Waals surface area (Å²) in [5.41, 5.74) is 9.25. The molecular weight excluding hydrogens is 683 g/mol. The van der Waals surface area contributed by atoms with Crippen molar-refractivity contribution in [2.75, 3.05) is 0 Å². The Morgan fingerprint density at radius 2 is 0.946 bits per heavy atom. The van der Waals surface area contributed by atoms with Gasteiger partial charge in [0.15, 0.2) is 0 Å². The smallest absolute Gasteiger partial charge is 0.235 e. The van der Waals surface area contributed by atoms with E-state index in [4.69, 9.17) is 15.0 Å². The van der Waals surface area contributed by atoms with Crippen molar-refractivity contribution < 1.29 is 0 Å². The SMILES string of the molecule is c1ccc(-c2nc(-n3c4ccccc4c4cc5c(cc43)c3ccccc3c3c5ccc4c3nc(-c3ccccc3)n4-c3ccccc3)nc3ccccc23)cc1. The van der Waals surface area contributed by atoms with Gasteiger partial charge in [-0.2, -0.15) is 0 Å². The van der Waals surface area contributed by atoms with Crippen LogP contribution in [0.25, 0.3) is 110 Å². The van der Waals surface area contributed by atoms with E-state index in [1.165, 1.54) is 26.9 Å².